The summed E-state index contributed by atoms with van der Waals surface area (Å²) >= 11 is 0. The number of hydrogen-bond acceptors (Lipinski definition) is 6. The van der Waals surface area contributed by atoms with E-state index in [1.165, 1.54) is 5.56 Å². The van der Waals surface area contributed by atoms with E-state index < -0.39 is 0 Å². The molecule has 1 aliphatic rings. The second kappa shape index (κ2) is 9.69. The summed E-state index contributed by atoms with van der Waals surface area (Å²) in [6.07, 6.45) is 0. The van der Waals surface area contributed by atoms with Gasteiger partial charge in [0.05, 0.1) is 20.3 Å². The molecule has 1 fully saturated rings. The van der Waals surface area contributed by atoms with Gasteiger partial charge in [0, 0.05) is 37.1 Å². The van der Waals surface area contributed by atoms with Crippen LogP contribution in [0.5, 0.6) is 5.88 Å². The highest BCUT2D eigenvalue weighted by atomic mass is 16.5. The Morgan fingerprint density at radius 1 is 1.22 bits per heavy atom. The molecule has 1 aromatic heterocycles. The molecule has 3 rings (SSSR count). The maximum Gasteiger partial charge on any atom is 0.237 e. The van der Waals surface area contributed by atoms with E-state index in [0.717, 1.165) is 49.9 Å². The standard InChI is InChI=1S/C21H30N4O2/c1-15(2)19-8-9-20(21(25-19)26-3)24-17-6-4-16(5-7-17)12-22-13-18-14-27-11-10-23-18/h4-9,15,18,22-24H,10-14H2,1-3H3. The van der Waals surface area contributed by atoms with E-state index in [9.17, 15) is 0 Å². The largest absolute Gasteiger partial charge is 0.480 e. The molecule has 1 aromatic carbocycles. The minimum Gasteiger partial charge on any atom is -0.480 e. The molecule has 1 unspecified atom stereocenters. The van der Waals surface area contributed by atoms with Gasteiger partial charge in [-0.05, 0) is 35.7 Å². The summed E-state index contributed by atoms with van der Waals surface area (Å²) in [5, 5.41) is 10.3. The Morgan fingerprint density at radius 3 is 2.70 bits per heavy atom. The quantitative estimate of drug-likeness (QED) is 0.664. The SMILES string of the molecule is COc1nc(C(C)C)ccc1Nc1ccc(CNCC2COCCN2)cc1. The maximum absolute atomic E-state index is 5.47. The molecule has 1 saturated heterocycles. The van der Waals surface area contributed by atoms with E-state index in [0.29, 0.717) is 17.8 Å². The van der Waals surface area contributed by atoms with Crippen LogP contribution in [0.4, 0.5) is 11.4 Å². The van der Waals surface area contributed by atoms with Crippen LogP contribution >= 0.6 is 0 Å². The summed E-state index contributed by atoms with van der Waals surface area (Å²) in [5.41, 5.74) is 4.16. The number of aromatic nitrogens is 1. The Balaban J connectivity index is 1.54. The summed E-state index contributed by atoms with van der Waals surface area (Å²) in [5.74, 6) is 0.990. The average molecular weight is 370 g/mol. The highest BCUT2D eigenvalue weighted by Crippen LogP contribution is 2.28. The molecule has 2 aromatic rings. The molecule has 2 heterocycles. The van der Waals surface area contributed by atoms with Gasteiger partial charge in [-0.15, -0.1) is 0 Å². The van der Waals surface area contributed by atoms with Crippen LogP contribution in [-0.2, 0) is 11.3 Å². The molecule has 6 nitrogen and oxygen atoms in total. The minimum absolute atomic E-state index is 0.370. The number of nitrogens with one attached hydrogen (secondary N) is 3. The first-order valence-corrected chi connectivity index (χ1v) is 9.58. The van der Waals surface area contributed by atoms with Crippen LogP contribution in [0.3, 0.4) is 0 Å². The van der Waals surface area contributed by atoms with Crippen molar-refractivity contribution in [3.05, 3.63) is 47.7 Å². The van der Waals surface area contributed by atoms with Crippen molar-refractivity contribution in [2.45, 2.75) is 32.4 Å². The molecule has 0 bridgehead atoms. The Morgan fingerprint density at radius 2 is 2.04 bits per heavy atom. The molecule has 146 valence electrons. The van der Waals surface area contributed by atoms with Crippen LogP contribution in [0.2, 0.25) is 0 Å². The molecule has 6 heteroatoms. The monoisotopic (exact) mass is 370 g/mol. The molecule has 0 radical (unpaired) electrons. The molecule has 3 N–H and O–H groups in total. The third-order valence-electron chi connectivity index (χ3n) is 4.62. The van der Waals surface area contributed by atoms with E-state index in [1.807, 2.05) is 12.1 Å². The van der Waals surface area contributed by atoms with Crippen molar-refractivity contribution in [2.75, 3.05) is 38.7 Å². The predicted octanol–water partition coefficient (Wildman–Crippen LogP) is 3.04. The van der Waals surface area contributed by atoms with Gasteiger partial charge in [-0.3, -0.25) is 0 Å². The fourth-order valence-corrected chi connectivity index (χ4v) is 3.03. The predicted molar refractivity (Wildman–Crippen MR) is 109 cm³/mol. The molecular weight excluding hydrogens is 340 g/mol. The van der Waals surface area contributed by atoms with Gasteiger partial charge in [0.2, 0.25) is 5.88 Å². The van der Waals surface area contributed by atoms with Crippen molar-refractivity contribution < 1.29 is 9.47 Å². The number of hydrogen-bond donors (Lipinski definition) is 3. The zero-order chi connectivity index (χ0) is 19.1. The van der Waals surface area contributed by atoms with E-state index in [1.54, 1.807) is 7.11 Å². The van der Waals surface area contributed by atoms with E-state index in [2.05, 4.69) is 59.0 Å². The number of methoxy groups -OCH3 is 1. The first-order chi connectivity index (χ1) is 13.2. The summed E-state index contributed by atoms with van der Waals surface area (Å²) in [7, 11) is 1.65. The smallest absolute Gasteiger partial charge is 0.237 e. The molecule has 27 heavy (non-hydrogen) atoms. The number of anilines is 2. The Labute approximate surface area is 161 Å². The summed E-state index contributed by atoms with van der Waals surface area (Å²) in [6, 6.07) is 12.9. The van der Waals surface area contributed by atoms with Gasteiger partial charge in [-0.2, -0.15) is 0 Å². The Hall–Kier alpha value is -2.15. The van der Waals surface area contributed by atoms with Crippen molar-refractivity contribution in [1.82, 2.24) is 15.6 Å². The fraction of sp³-hybridized carbons (Fsp3) is 0.476. The lowest BCUT2D eigenvalue weighted by Crippen LogP contribution is -2.47. The average Bonchev–Trinajstić information content (AvgIpc) is 2.70. The molecular formula is C21H30N4O2. The third kappa shape index (κ3) is 5.66. The van der Waals surface area contributed by atoms with E-state index in [-0.39, 0.29) is 0 Å². The zero-order valence-corrected chi connectivity index (χ0v) is 16.4. The lowest BCUT2D eigenvalue weighted by Gasteiger charge is -2.24. The number of morpholine rings is 1. The van der Waals surface area contributed by atoms with Crippen LogP contribution in [0.15, 0.2) is 36.4 Å². The van der Waals surface area contributed by atoms with Crippen LogP contribution in [0, 0.1) is 0 Å². The van der Waals surface area contributed by atoms with Gasteiger partial charge in [0.1, 0.15) is 5.69 Å². The lowest BCUT2D eigenvalue weighted by molar-refractivity contribution is 0.0766. The van der Waals surface area contributed by atoms with Crippen molar-refractivity contribution in [3.63, 3.8) is 0 Å². The number of rotatable bonds is 8. The first kappa shape index (κ1) is 19.6. The molecule has 0 spiro atoms. The van der Waals surface area contributed by atoms with Gasteiger partial charge < -0.3 is 25.4 Å². The van der Waals surface area contributed by atoms with Crippen LogP contribution < -0.4 is 20.7 Å². The van der Waals surface area contributed by atoms with Gasteiger partial charge in [-0.25, -0.2) is 4.98 Å². The van der Waals surface area contributed by atoms with Crippen LogP contribution in [0.1, 0.15) is 31.0 Å². The molecule has 0 saturated carbocycles. The van der Waals surface area contributed by atoms with Crippen molar-refractivity contribution in [2.24, 2.45) is 0 Å². The third-order valence-corrected chi connectivity index (χ3v) is 4.62. The second-order valence-electron chi connectivity index (χ2n) is 7.13. The summed E-state index contributed by atoms with van der Waals surface area (Å²) in [6.45, 7) is 8.52. The van der Waals surface area contributed by atoms with Crippen molar-refractivity contribution in [3.8, 4) is 5.88 Å². The molecule has 0 amide bonds. The van der Waals surface area contributed by atoms with E-state index >= 15 is 0 Å². The van der Waals surface area contributed by atoms with E-state index in [4.69, 9.17) is 9.47 Å². The van der Waals surface area contributed by atoms with Crippen molar-refractivity contribution >= 4 is 11.4 Å². The Kier molecular flexibility index (Phi) is 7.04. The molecule has 1 atom stereocenters. The van der Waals surface area contributed by atoms with Crippen molar-refractivity contribution in [1.29, 1.82) is 0 Å². The number of ether oxygens (including phenoxy) is 2. The van der Waals surface area contributed by atoms with Gasteiger partial charge in [0.15, 0.2) is 0 Å². The summed E-state index contributed by atoms with van der Waals surface area (Å²) in [4.78, 5) is 4.58. The number of nitrogens with zero attached hydrogens (tertiary/aromatic N) is 1. The lowest BCUT2D eigenvalue weighted by atomic mass is 10.1. The number of benzene rings is 1. The molecule has 1 aliphatic heterocycles. The Bertz CT molecular complexity index is 713. The molecule has 0 aliphatic carbocycles. The van der Waals surface area contributed by atoms with Gasteiger partial charge in [-0.1, -0.05) is 26.0 Å². The second-order valence-corrected chi connectivity index (χ2v) is 7.13. The van der Waals surface area contributed by atoms with Crippen LogP contribution in [-0.4, -0.2) is 44.4 Å². The fourth-order valence-electron chi connectivity index (χ4n) is 3.03. The zero-order valence-electron chi connectivity index (χ0n) is 16.4. The normalized spacial score (nSPS) is 17.1. The highest BCUT2D eigenvalue weighted by molar-refractivity contribution is 5.64. The first-order valence-electron chi connectivity index (χ1n) is 9.58. The minimum atomic E-state index is 0.370. The summed E-state index contributed by atoms with van der Waals surface area (Å²) < 4.78 is 10.9. The van der Waals surface area contributed by atoms with Gasteiger partial charge in [0.25, 0.3) is 0 Å². The highest BCUT2D eigenvalue weighted by Gasteiger charge is 2.12. The van der Waals surface area contributed by atoms with Gasteiger partial charge >= 0.3 is 0 Å². The maximum atomic E-state index is 5.47. The number of pyridine rings is 1. The van der Waals surface area contributed by atoms with Crippen LogP contribution in [0.25, 0.3) is 0 Å². The topological polar surface area (TPSA) is 67.4 Å².